The summed E-state index contributed by atoms with van der Waals surface area (Å²) in [6.45, 7) is 4.95. The second-order valence-electron chi connectivity index (χ2n) is 5.04. The quantitative estimate of drug-likeness (QED) is 0.832. The first-order valence-corrected chi connectivity index (χ1v) is 6.31. The van der Waals surface area contributed by atoms with Crippen LogP contribution in [0.2, 0.25) is 0 Å². The van der Waals surface area contributed by atoms with Crippen LogP contribution >= 0.6 is 0 Å². The third-order valence-electron chi connectivity index (χ3n) is 3.20. The molecule has 5 heteroatoms. The van der Waals surface area contributed by atoms with Gasteiger partial charge >= 0.3 is 0 Å². The summed E-state index contributed by atoms with van der Waals surface area (Å²) in [5.74, 6) is 1.09. The summed E-state index contributed by atoms with van der Waals surface area (Å²) in [7, 11) is 3.89. The number of aryl methyl sites for hydroxylation is 3. The number of H-pyrrole nitrogens is 1. The number of hydrogen-bond donors (Lipinski definition) is 1. The van der Waals surface area contributed by atoms with Gasteiger partial charge in [0.2, 0.25) is 0 Å². The maximum absolute atomic E-state index is 12.2. The zero-order valence-electron chi connectivity index (χ0n) is 11.9. The van der Waals surface area contributed by atoms with Crippen molar-refractivity contribution in [3.8, 4) is 0 Å². The Hall–Kier alpha value is -1.88. The lowest BCUT2D eigenvalue weighted by atomic mass is 10.1. The molecule has 0 spiro atoms. The Morgan fingerprint density at radius 3 is 2.74 bits per heavy atom. The molecule has 0 unspecified atom stereocenters. The highest BCUT2D eigenvalue weighted by Crippen LogP contribution is 2.11. The van der Waals surface area contributed by atoms with Crippen LogP contribution in [0.3, 0.4) is 0 Å². The number of carbonyl (C=O) groups is 1. The molecule has 0 atom stereocenters. The molecule has 2 aromatic rings. The normalized spacial score (nSPS) is 11.2. The van der Waals surface area contributed by atoms with E-state index in [2.05, 4.69) is 9.97 Å². The molecule has 0 bridgehead atoms. The Bertz CT molecular complexity index is 582. The largest absolute Gasteiger partial charge is 0.362 e. The highest BCUT2D eigenvalue weighted by atomic mass is 16.1. The highest BCUT2D eigenvalue weighted by Gasteiger charge is 2.14. The Kier molecular flexibility index (Phi) is 3.85. The third-order valence-corrected chi connectivity index (χ3v) is 3.20. The average Bonchev–Trinajstić information content (AvgIpc) is 2.85. The number of Topliss-reactive ketones (excluding diaryl/α,β-unsaturated/α-hetero) is 1. The fourth-order valence-corrected chi connectivity index (χ4v) is 2.19. The molecule has 0 saturated heterocycles. The van der Waals surface area contributed by atoms with Crippen LogP contribution in [-0.4, -0.2) is 38.8 Å². The molecule has 0 fully saturated rings. The monoisotopic (exact) mass is 260 g/mol. The third kappa shape index (κ3) is 3.12. The number of ketones is 1. The Labute approximate surface area is 113 Å². The Morgan fingerprint density at radius 1 is 1.47 bits per heavy atom. The zero-order chi connectivity index (χ0) is 14.0. The van der Waals surface area contributed by atoms with Crippen LogP contribution < -0.4 is 0 Å². The first-order chi connectivity index (χ1) is 8.97. The number of imidazole rings is 1. The second kappa shape index (κ2) is 5.40. The van der Waals surface area contributed by atoms with Gasteiger partial charge in [-0.15, -0.1) is 0 Å². The highest BCUT2D eigenvalue weighted by molar-refractivity contribution is 5.98. The van der Waals surface area contributed by atoms with Crippen molar-refractivity contribution in [3.63, 3.8) is 0 Å². The van der Waals surface area contributed by atoms with E-state index in [-0.39, 0.29) is 5.78 Å². The summed E-state index contributed by atoms with van der Waals surface area (Å²) in [5.41, 5.74) is 2.74. The van der Waals surface area contributed by atoms with Crippen molar-refractivity contribution in [2.75, 3.05) is 13.6 Å². The van der Waals surface area contributed by atoms with Crippen molar-refractivity contribution < 1.29 is 4.79 Å². The minimum absolute atomic E-state index is 0.138. The van der Waals surface area contributed by atoms with E-state index in [0.29, 0.717) is 13.1 Å². The Balaban J connectivity index is 1.99. The fourth-order valence-electron chi connectivity index (χ4n) is 2.19. The number of aromatic amines is 1. The van der Waals surface area contributed by atoms with Crippen LogP contribution in [0.5, 0.6) is 0 Å². The lowest BCUT2D eigenvalue weighted by molar-refractivity contribution is 0.0941. The molecule has 19 heavy (non-hydrogen) atoms. The van der Waals surface area contributed by atoms with Gasteiger partial charge in [0.25, 0.3) is 0 Å². The van der Waals surface area contributed by atoms with Gasteiger partial charge in [-0.05, 0) is 27.0 Å². The summed E-state index contributed by atoms with van der Waals surface area (Å²) in [6.07, 6.45) is 3.68. The topological polar surface area (TPSA) is 53.9 Å². The molecule has 0 aliphatic heterocycles. The molecule has 0 saturated carbocycles. The second-order valence-corrected chi connectivity index (χ2v) is 5.04. The van der Waals surface area contributed by atoms with Crippen LogP contribution in [0.4, 0.5) is 0 Å². The summed E-state index contributed by atoms with van der Waals surface area (Å²) in [6, 6.07) is 1.91. The van der Waals surface area contributed by atoms with Gasteiger partial charge in [-0.25, -0.2) is 4.98 Å². The van der Waals surface area contributed by atoms with E-state index in [0.717, 1.165) is 22.8 Å². The molecule has 0 amide bonds. The van der Waals surface area contributed by atoms with Crippen molar-refractivity contribution in [2.45, 2.75) is 20.4 Å². The number of nitrogens with one attached hydrogen (secondary N) is 1. The smallest absolute Gasteiger partial charge is 0.178 e. The van der Waals surface area contributed by atoms with Gasteiger partial charge in [0, 0.05) is 36.4 Å². The number of aromatic nitrogens is 3. The molecule has 0 aliphatic carbocycles. The minimum Gasteiger partial charge on any atom is -0.362 e. The van der Waals surface area contributed by atoms with Crippen LogP contribution in [0, 0.1) is 13.8 Å². The molecule has 1 N–H and O–H groups in total. The molecular formula is C14H20N4O. The van der Waals surface area contributed by atoms with Gasteiger partial charge in [-0.2, -0.15) is 0 Å². The van der Waals surface area contributed by atoms with Gasteiger partial charge < -0.3 is 9.55 Å². The summed E-state index contributed by atoms with van der Waals surface area (Å²) in [4.78, 5) is 21.6. The van der Waals surface area contributed by atoms with E-state index in [4.69, 9.17) is 0 Å². The predicted molar refractivity (Wildman–Crippen MR) is 74.1 cm³/mol. The molecule has 0 aromatic carbocycles. The molecule has 2 rings (SSSR count). The zero-order valence-corrected chi connectivity index (χ0v) is 11.9. The molecule has 2 aromatic heterocycles. The van der Waals surface area contributed by atoms with Crippen molar-refractivity contribution in [1.29, 1.82) is 0 Å². The number of rotatable bonds is 5. The molecule has 2 heterocycles. The lowest BCUT2D eigenvalue weighted by Crippen LogP contribution is -2.27. The van der Waals surface area contributed by atoms with E-state index in [1.54, 1.807) is 6.20 Å². The standard InChI is InChI=1S/C14H20N4O/c1-10-7-12(11(2)16-10)13(19)8-17(3)9-14-15-5-6-18(14)4/h5-7,16H,8-9H2,1-4H3. The van der Waals surface area contributed by atoms with E-state index in [1.807, 2.05) is 49.7 Å². The summed E-state index contributed by atoms with van der Waals surface area (Å²) < 4.78 is 1.96. The van der Waals surface area contributed by atoms with Gasteiger partial charge in [0.1, 0.15) is 5.82 Å². The Morgan fingerprint density at radius 2 is 2.21 bits per heavy atom. The van der Waals surface area contributed by atoms with Crippen LogP contribution in [-0.2, 0) is 13.6 Å². The lowest BCUT2D eigenvalue weighted by Gasteiger charge is -2.15. The van der Waals surface area contributed by atoms with Crippen LogP contribution in [0.15, 0.2) is 18.5 Å². The predicted octanol–water partition coefficient (Wildman–Crippen LogP) is 1.68. The maximum atomic E-state index is 12.2. The van der Waals surface area contributed by atoms with Gasteiger partial charge in [0.05, 0.1) is 13.1 Å². The van der Waals surface area contributed by atoms with Crippen molar-refractivity contribution in [1.82, 2.24) is 19.4 Å². The van der Waals surface area contributed by atoms with E-state index in [1.165, 1.54) is 0 Å². The molecule has 0 radical (unpaired) electrons. The first-order valence-electron chi connectivity index (χ1n) is 6.31. The SMILES string of the molecule is Cc1cc(C(=O)CN(C)Cc2nccn2C)c(C)[nH]1. The van der Waals surface area contributed by atoms with Crippen molar-refractivity contribution in [3.05, 3.63) is 41.2 Å². The van der Waals surface area contributed by atoms with Crippen molar-refractivity contribution >= 4 is 5.78 Å². The van der Waals surface area contributed by atoms with Gasteiger partial charge in [-0.3, -0.25) is 9.69 Å². The number of likely N-dealkylation sites (N-methyl/N-ethyl adjacent to an activating group) is 1. The summed E-state index contributed by atoms with van der Waals surface area (Å²) >= 11 is 0. The van der Waals surface area contributed by atoms with E-state index < -0.39 is 0 Å². The van der Waals surface area contributed by atoms with Gasteiger partial charge in [0.15, 0.2) is 5.78 Å². The minimum atomic E-state index is 0.138. The molecular weight excluding hydrogens is 240 g/mol. The van der Waals surface area contributed by atoms with Gasteiger partial charge in [-0.1, -0.05) is 0 Å². The van der Waals surface area contributed by atoms with Crippen LogP contribution in [0.25, 0.3) is 0 Å². The van der Waals surface area contributed by atoms with E-state index >= 15 is 0 Å². The molecule has 102 valence electrons. The van der Waals surface area contributed by atoms with E-state index in [9.17, 15) is 4.79 Å². The maximum Gasteiger partial charge on any atom is 0.178 e. The first kappa shape index (κ1) is 13.5. The summed E-state index contributed by atoms with van der Waals surface area (Å²) in [5, 5.41) is 0. The molecule has 5 nitrogen and oxygen atoms in total. The van der Waals surface area contributed by atoms with Crippen LogP contribution in [0.1, 0.15) is 27.6 Å². The number of carbonyl (C=O) groups excluding carboxylic acids is 1. The molecule has 0 aliphatic rings. The van der Waals surface area contributed by atoms with Crippen molar-refractivity contribution in [2.24, 2.45) is 7.05 Å². The number of hydrogen-bond acceptors (Lipinski definition) is 3. The number of nitrogens with zero attached hydrogens (tertiary/aromatic N) is 3. The average molecular weight is 260 g/mol. The fraction of sp³-hybridized carbons (Fsp3) is 0.429.